The summed E-state index contributed by atoms with van der Waals surface area (Å²) in [5.74, 6) is -2.99. The van der Waals surface area contributed by atoms with E-state index in [2.05, 4.69) is 15.6 Å². The molecule has 24 heavy (non-hydrogen) atoms. The summed E-state index contributed by atoms with van der Waals surface area (Å²) in [5, 5.41) is 4.88. The van der Waals surface area contributed by atoms with Crippen molar-refractivity contribution in [3.63, 3.8) is 0 Å². The lowest BCUT2D eigenvalue weighted by molar-refractivity contribution is 0.0919. The number of nitrogens with one attached hydrogen (secondary N) is 2. The van der Waals surface area contributed by atoms with Gasteiger partial charge in [-0.25, -0.2) is 8.78 Å². The number of carbonyl (C=O) groups excluding carboxylic acids is 2. The van der Waals surface area contributed by atoms with Crippen molar-refractivity contribution in [2.45, 2.75) is 26.3 Å². The molecular weight excluding hydrogens is 316 g/mol. The van der Waals surface area contributed by atoms with Crippen molar-refractivity contribution in [3.8, 4) is 0 Å². The van der Waals surface area contributed by atoms with Crippen molar-refractivity contribution < 1.29 is 18.4 Å². The summed E-state index contributed by atoms with van der Waals surface area (Å²) in [5.41, 5.74) is -0.911. The highest BCUT2D eigenvalue weighted by molar-refractivity contribution is 6.05. The Morgan fingerprint density at radius 1 is 1.04 bits per heavy atom. The molecule has 0 saturated carbocycles. The Balaban J connectivity index is 2.22. The summed E-state index contributed by atoms with van der Waals surface area (Å²) in [4.78, 5) is 28.1. The van der Waals surface area contributed by atoms with Crippen molar-refractivity contribution in [2.75, 3.05) is 5.32 Å². The predicted molar refractivity (Wildman–Crippen MR) is 85.8 cm³/mol. The van der Waals surface area contributed by atoms with E-state index < -0.39 is 28.8 Å². The molecule has 0 radical (unpaired) electrons. The Labute approximate surface area is 138 Å². The van der Waals surface area contributed by atoms with Gasteiger partial charge in [-0.15, -0.1) is 0 Å². The third-order valence-electron chi connectivity index (χ3n) is 2.94. The Morgan fingerprint density at radius 3 is 2.25 bits per heavy atom. The maximum absolute atomic E-state index is 13.6. The Kier molecular flexibility index (Phi) is 4.92. The van der Waals surface area contributed by atoms with Crippen molar-refractivity contribution in [3.05, 3.63) is 59.4 Å². The minimum atomic E-state index is -0.898. The zero-order valence-corrected chi connectivity index (χ0v) is 13.5. The van der Waals surface area contributed by atoms with Crippen LogP contribution in [0.3, 0.4) is 0 Å². The van der Waals surface area contributed by atoms with E-state index in [0.29, 0.717) is 0 Å². The highest BCUT2D eigenvalue weighted by Crippen LogP contribution is 2.18. The van der Waals surface area contributed by atoms with E-state index in [9.17, 15) is 18.4 Å². The zero-order chi connectivity index (χ0) is 17.9. The van der Waals surface area contributed by atoms with Crippen LogP contribution in [0, 0.1) is 11.6 Å². The number of halogens is 2. The van der Waals surface area contributed by atoms with Crippen LogP contribution in [0.1, 0.15) is 41.6 Å². The Morgan fingerprint density at radius 2 is 1.67 bits per heavy atom. The van der Waals surface area contributed by atoms with Crippen molar-refractivity contribution in [2.24, 2.45) is 0 Å². The van der Waals surface area contributed by atoms with E-state index in [-0.39, 0.29) is 17.2 Å². The van der Waals surface area contributed by atoms with Gasteiger partial charge in [-0.3, -0.25) is 14.6 Å². The summed E-state index contributed by atoms with van der Waals surface area (Å²) in [6.07, 6.45) is 1.28. The first-order chi connectivity index (χ1) is 11.2. The number of anilines is 1. The molecule has 1 aromatic carbocycles. The second-order valence-corrected chi connectivity index (χ2v) is 6.18. The van der Waals surface area contributed by atoms with Crippen LogP contribution in [0.15, 0.2) is 36.5 Å². The average Bonchev–Trinajstić information content (AvgIpc) is 2.49. The van der Waals surface area contributed by atoms with Crippen LogP contribution in [-0.2, 0) is 0 Å². The van der Waals surface area contributed by atoms with Crippen molar-refractivity contribution in [1.82, 2.24) is 10.3 Å². The summed E-state index contributed by atoms with van der Waals surface area (Å²) in [6.45, 7) is 5.46. The molecule has 0 spiro atoms. The second-order valence-electron chi connectivity index (χ2n) is 6.18. The van der Waals surface area contributed by atoms with Crippen LogP contribution in [-0.4, -0.2) is 22.3 Å². The fraction of sp³-hybridized carbons (Fsp3) is 0.235. The Hall–Kier alpha value is -2.83. The van der Waals surface area contributed by atoms with Crippen LogP contribution in [0.25, 0.3) is 0 Å². The number of amides is 2. The van der Waals surface area contributed by atoms with Crippen LogP contribution >= 0.6 is 0 Å². The van der Waals surface area contributed by atoms with Crippen molar-refractivity contribution in [1.29, 1.82) is 0 Å². The van der Waals surface area contributed by atoms with Gasteiger partial charge in [0.05, 0.1) is 0 Å². The molecule has 0 aliphatic heterocycles. The molecule has 7 heteroatoms. The first kappa shape index (κ1) is 17.5. The SMILES string of the molecule is CC(C)(C)NC(=O)c1ccnc(C(=O)Nc2c(F)cccc2F)c1. The molecule has 0 aliphatic carbocycles. The van der Waals surface area contributed by atoms with Gasteiger partial charge in [0.15, 0.2) is 0 Å². The lowest BCUT2D eigenvalue weighted by Gasteiger charge is -2.20. The zero-order valence-electron chi connectivity index (χ0n) is 13.5. The number of rotatable bonds is 3. The number of hydrogen-bond acceptors (Lipinski definition) is 3. The normalized spacial score (nSPS) is 11.0. The number of pyridine rings is 1. The molecule has 2 aromatic rings. The van der Waals surface area contributed by atoms with E-state index in [1.54, 1.807) is 0 Å². The summed E-state index contributed by atoms with van der Waals surface area (Å²) < 4.78 is 27.2. The number of carbonyl (C=O) groups is 2. The first-order valence-electron chi connectivity index (χ1n) is 7.21. The fourth-order valence-electron chi connectivity index (χ4n) is 1.90. The van der Waals surface area contributed by atoms with Crippen LogP contribution in [0.4, 0.5) is 14.5 Å². The number of hydrogen-bond donors (Lipinski definition) is 2. The van der Waals surface area contributed by atoms with Gasteiger partial charge >= 0.3 is 0 Å². The minimum Gasteiger partial charge on any atom is -0.347 e. The fourth-order valence-corrected chi connectivity index (χ4v) is 1.90. The van der Waals surface area contributed by atoms with Crippen LogP contribution in [0.2, 0.25) is 0 Å². The van der Waals surface area contributed by atoms with Crippen LogP contribution < -0.4 is 10.6 Å². The summed E-state index contributed by atoms with van der Waals surface area (Å²) >= 11 is 0. The van der Waals surface area contributed by atoms with Gasteiger partial charge in [0.1, 0.15) is 23.0 Å². The van der Waals surface area contributed by atoms with Gasteiger partial charge in [0.2, 0.25) is 0 Å². The molecule has 0 aliphatic rings. The standard InChI is InChI=1S/C17H17F2N3O2/c1-17(2,3)22-15(23)10-7-8-20-13(9-10)16(24)21-14-11(18)5-4-6-12(14)19/h4-9H,1-3H3,(H,21,24)(H,22,23). The largest absolute Gasteiger partial charge is 0.347 e. The maximum Gasteiger partial charge on any atom is 0.274 e. The molecule has 0 fully saturated rings. The lowest BCUT2D eigenvalue weighted by Crippen LogP contribution is -2.40. The number of aromatic nitrogens is 1. The van der Waals surface area contributed by atoms with E-state index >= 15 is 0 Å². The van der Waals surface area contributed by atoms with Crippen molar-refractivity contribution >= 4 is 17.5 Å². The highest BCUT2D eigenvalue weighted by atomic mass is 19.1. The van der Waals surface area contributed by atoms with Gasteiger partial charge < -0.3 is 10.6 Å². The average molecular weight is 333 g/mol. The van der Waals surface area contributed by atoms with E-state index in [0.717, 1.165) is 12.1 Å². The second kappa shape index (κ2) is 6.74. The first-order valence-corrected chi connectivity index (χ1v) is 7.21. The Bertz CT molecular complexity index is 765. The van der Waals surface area contributed by atoms with Crippen LogP contribution in [0.5, 0.6) is 0 Å². The molecule has 0 bridgehead atoms. The van der Waals surface area contributed by atoms with Gasteiger partial charge in [0, 0.05) is 17.3 Å². The molecular formula is C17H17F2N3O2. The highest BCUT2D eigenvalue weighted by Gasteiger charge is 2.18. The molecule has 2 N–H and O–H groups in total. The van der Waals surface area contributed by atoms with Gasteiger partial charge in [0.25, 0.3) is 11.8 Å². The molecule has 1 aromatic heterocycles. The number of nitrogens with zero attached hydrogens (tertiary/aromatic N) is 1. The van der Waals surface area contributed by atoms with Gasteiger partial charge in [-0.2, -0.15) is 0 Å². The quantitative estimate of drug-likeness (QED) is 0.906. The molecule has 1 heterocycles. The lowest BCUT2D eigenvalue weighted by atomic mass is 10.1. The molecule has 0 unspecified atom stereocenters. The minimum absolute atomic E-state index is 0.126. The molecule has 0 atom stereocenters. The smallest absolute Gasteiger partial charge is 0.274 e. The van der Waals surface area contributed by atoms with Gasteiger partial charge in [-0.05, 0) is 45.0 Å². The topological polar surface area (TPSA) is 71.1 Å². The van der Waals surface area contributed by atoms with E-state index in [4.69, 9.17) is 0 Å². The summed E-state index contributed by atoms with van der Waals surface area (Å²) in [6, 6.07) is 5.95. The molecule has 0 saturated heterocycles. The van der Waals surface area contributed by atoms with E-state index in [1.165, 1.54) is 24.4 Å². The molecule has 5 nitrogen and oxygen atoms in total. The third kappa shape index (κ3) is 4.34. The number of para-hydroxylation sites is 1. The monoisotopic (exact) mass is 333 g/mol. The predicted octanol–water partition coefficient (Wildman–Crippen LogP) is 3.14. The summed E-state index contributed by atoms with van der Waals surface area (Å²) in [7, 11) is 0. The van der Waals surface area contributed by atoms with Gasteiger partial charge in [-0.1, -0.05) is 6.07 Å². The molecule has 126 valence electrons. The number of benzene rings is 1. The third-order valence-corrected chi connectivity index (χ3v) is 2.94. The molecule has 2 rings (SSSR count). The van der Waals surface area contributed by atoms with E-state index in [1.807, 2.05) is 20.8 Å². The maximum atomic E-state index is 13.6. The molecule has 2 amide bonds.